The first-order valence-electron chi connectivity index (χ1n) is 5.86. The summed E-state index contributed by atoms with van der Waals surface area (Å²) < 4.78 is 0. The highest BCUT2D eigenvalue weighted by atomic mass is 35.5. The molecule has 5 heteroatoms. The van der Waals surface area contributed by atoms with Crippen molar-refractivity contribution in [3.8, 4) is 0 Å². The summed E-state index contributed by atoms with van der Waals surface area (Å²) in [5, 5.41) is 3.28. The zero-order valence-corrected chi connectivity index (χ0v) is 10.9. The van der Waals surface area contributed by atoms with Crippen LogP contribution in [0.3, 0.4) is 0 Å². The number of hydrogen-bond acceptors (Lipinski definition) is 3. The van der Waals surface area contributed by atoms with Crippen LogP contribution >= 0.6 is 12.4 Å². The second-order valence-corrected chi connectivity index (χ2v) is 4.37. The van der Waals surface area contributed by atoms with Crippen LogP contribution < -0.4 is 5.32 Å². The number of piperidine rings is 1. The highest BCUT2D eigenvalue weighted by Gasteiger charge is 2.20. The van der Waals surface area contributed by atoms with Crippen molar-refractivity contribution >= 4 is 18.2 Å². The van der Waals surface area contributed by atoms with Gasteiger partial charge in [0.25, 0.3) is 0 Å². The molecule has 1 atom stereocenters. The number of ketones is 1. The molecule has 1 fully saturated rings. The van der Waals surface area contributed by atoms with Crippen molar-refractivity contribution in [2.24, 2.45) is 0 Å². The Bertz CT molecular complexity index is 340. The molecule has 0 saturated carbocycles. The van der Waals surface area contributed by atoms with E-state index >= 15 is 0 Å². The number of likely N-dealkylation sites (tertiary alicyclic amines) is 1. The summed E-state index contributed by atoms with van der Waals surface area (Å²) in [7, 11) is 1.99. The van der Waals surface area contributed by atoms with Gasteiger partial charge in [-0.2, -0.15) is 0 Å². The molecule has 1 unspecified atom stereocenters. The van der Waals surface area contributed by atoms with Crippen molar-refractivity contribution in [2.45, 2.75) is 18.9 Å². The number of hydrogen-bond donors (Lipinski definition) is 2. The minimum absolute atomic E-state index is 0. The van der Waals surface area contributed by atoms with E-state index in [1.807, 2.05) is 19.2 Å². The van der Waals surface area contributed by atoms with E-state index in [2.05, 4.69) is 15.2 Å². The molecular formula is C12H20ClN3O. The van der Waals surface area contributed by atoms with E-state index in [4.69, 9.17) is 0 Å². The van der Waals surface area contributed by atoms with Gasteiger partial charge in [0, 0.05) is 18.8 Å². The van der Waals surface area contributed by atoms with Gasteiger partial charge in [-0.15, -0.1) is 12.4 Å². The number of aromatic nitrogens is 1. The van der Waals surface area contributed by atoms with Gasteiger partial charge in [0.05, 0.1) is 12.2 Å². The van der Waals surface area contributed by atoms with Gasteiger partial charge >= 0.3 is 0 Å². The lowest BCUT2D eigenvalue weighted by molar-refractivity contribution is 0.0897. The molecule has 0 bridgehead atoms. The lowest BCUT2D eigenvalue weighted by Gasteiger charge is -2.31. The molecule has 1 aliphatic rings. The number of nitrogens with one attached hydrogen (secondary N) is 2. The summed E-state index contributed by atoms with van der Waals surface area (Å²) in [5.74, 6) is 0.182. The number of carbonyl (C=O) groups is 1. The molecule has 1 aromatic rings. The number of nitrogens with zero attached hydrogens (tertiary/aromatic N) is 1. The van der Waals surface area contributed by atoms with Crippen molar-refractivity contribution in [3.05, 3.63) is 24.0 Å². The van der Waals surface area contributed by atoms with Crippen molar-refractivity contribution in [1.29, 1.82) is 0 Å². The average molecular weight is 258 g/mol. The van der Waals surface area contributed by atoms with E-state index < -0.39 is 0 Å². The zero-order chi connectivity index (χ0) is 11.4. The molecular weight excluding hydrogens is 238 g/mol. The second-order valence-electron chi connectivity index (χ2n) is 4.37. The highest BCUT2D eigenvalue weighted by Crippen LogP contribution is 2.10. The van der Waals surface area contributed by atoms with Crippen LogP contribution in [-0.4, -0.2) is 48.4 Å². The maximum Gasteiger partial charge on any atom is 0.192 e. The Morgan fingerprint density at radius 1 is 1.65 bits per heavy atom. The molecule has 96 valence electrons. The lowest BCUT2D eigenvalue weighted by Crippen LogP contribution is -2.46. The SMILES string of the molecule is CNC1CCCN(CC(=O)c2ccc[nH]2)C1.Cl. The molecule has 17 heavy (non-hydrogen) atoms. The highest BCUT2D eigenvalue weighted by molar-refractivity contribution is 5.95. The Morgan fingerprint density at radius 3 is 3.12 bits per heavy atom. The third kappa shape index (κ3) is 3.84. The summed E-state index contributed by atoms with van der Waals surface area (Å²) in [6.45, 7) is 2.53. The monoisotopic (exact) mass is 257 g/mol. The largest absolute Gasteiger partial charge is 0.359 e. The van der Waals surface area contributed by atoms with E-state index in [0.29, 0.717) is 18.3 Å². The smallest absolute Gasteiger partial charge is 0.192 e. The molecule has 4 nitrogen and oxygen atoms in total. The van der Waals surface area contributed by atoms with Gasteiger partial charge in [0.15, 0.2) is 5.78 Å². The first-order valence-corrected chi connectivity index (χ1v) is 5.86. The summed E-state index contributed by atoms with van der Waals surface area (Å²) in [5.41, 5.74) is 0.714. The number of aromatic amines is 1. The molecule has 0 aromatic carbocycles. The first kappa shape index (κ1) is 14.2. The van der Waals surface area contributed by atoms with Gasteiger partial charge < -0.3 is 10.3 Å². The summed E-state index contributed by atoms with van der Waals surface area (Å²) in [6.07, 6.45) is 4.17. The minimum atomic E-state index is 0. The first-order chi connectivity index (χ1) is 7.79. The quantitative estimate of drug-likeness (QED) is 0.800. The third-order valence-electron chi connectivity index (χ3n) is 3.18. The lowest BCUT2D eigenvalue weighted by atomic mass is 10.1. The number of Topliss-reactive ketones (excluding diaryl/α,β-unsaturated/α-hetero) is 1. The van der Waals surface area contributed by atoms with Crippen LogP contribution in [0.5, 0.6) is 0 Å². The molecule has 2 heterocycles. The fraction of sp³-hybridized carbons (Fsp3) is 0.583. The average Bonchev–Trinajstić information content (AvgIpc) is 2.83. The van der Waals surface area contributed by atoms with E-state index in [1.165, 1.54) is 12.8 Å². The molecule has 2 rings (SSSR count). The van der Waals surface area contributed by atoms with Crippen LogP contribution in [0.4, 0.5) is 0 Å². The zero-order valence-electron chi connectivity index (χ0n) is 10.1. The maximum absolute atomic E-state index is 11.9. The predicted octanol–water partition coefficient (Wildman–Crippen LogP) is 1.30. The second kappa shape index (κ2) is 6.79. The van der Waals surface area contributed by atoms with Crippen molar-refractivity contribution in [2.75, 3.05) is 26.7 Å². The standard InChI is InChI=1S/C12H19N3O.ClH/c1-13-10-4-3-7-15(8-10)9-12(16)11-5-2-6-14-11;/h2,5-6,10,13-14H,3-4,7-9H2,1H3;1H. The van der Waals surface area contributed by atoms with Crippen molar-refractivity contribution in [3.63, 3.8) is 0 Å². The summed E-state index contributed by atoms with van der Waals surface area (Å²) in [6, 6.07) is 4.23. The van der Waals surface area contributed by atoms with Crippen molar-refractivity contribution < 1.29 is 4.79 Å². The van der Waals surface area contributed by atoms with Gasteiger partial charge in [-0.05, 0) is 38.6 Å². The third-order valence-corrected chi connectivity index (χ3v) is 3.18. The van der Waals surface area contributed by atoms with E-state index in [9.17, 15) is 4.79 Å². The maximum atomic E-state index is 11.9. The minimum Gasteiger partial charge on any atom is -0.359 e. The van der Waals surface area contributed by atoms with Crippen LogP contribution in [0, 0.1) is 0 Å². The summed E-state index contributed by atoms with van der Waals surface area (Å²) in [4.78, 5) is 17.1. The Kier molecular flexibility index (Phi) is 5.68. The van der Waals surface area contributed by atoms with E-state index in [1.54, 1.807) is 6.20 Å². The van der Waals surface area contributed by atoms with Crippen LogP contribution in [-0.2, 0) is 0 Å². The fourth-order valence-corrected chi connectivity index (χ4v) is 2.23. The predicted molar refractivity (Wildman–Crippen MR) is 70.9 cm³/mol. The molecule has 1 saturated heterocycles. The number of carbonyl (C=O) groups excluding carboxylic acids is 1. The van der Waals surface area contributed by atoms with E-state index in [-0.39, 0.29) is 18.2 Å². The Balaban J connectivity index is 0.00000144. The van der Waals surface area contributed by atoms with Crippen molar-refractivity contribution in [1.82, 2.24) is 15.2 Å². The Morgan fingerprint density at radius 2 is 2.47 bits per heavy atom. The van der Waals surface area contributed by atoms with Crippen LogP contribution in [0.1, 0.15) is 23.3 Å². The summed E-state index contributed by atoms with van der Waals surface area (Å²) >= 11 is 0. The number of likely N-dealkylation sites (N-methyl/N-ethyl adjacent to an activating group) is 1. The van der Waals surface area contributed by atoms with Gasteiger partial charge in [-0.3, -0.25) is 9.69 Å². The van der Waals surface area contributed by atoms with Crippen LogP contribution in [0.25, 0.3) is 0 Å². The molecule has 1 aliphatic heterocycles. The van der Waals surface area contributed by atoms with E-state index in [0.717, 1.165) is 13.1 Å². The topological polar surface area (TPSA) is 48.1 Å². The molecule has 0 radical (unpaired) electrons. The van der Waals surface area contributed by atoms with Gasteiger partial charge in [-0.1, -0.05) is 0 Å². The van der Waals surface area contributed by atoms with Gasteiger partial charge in [0.2, 0.25) is 0 Å². The molecule has 2 N–H and O–H groups in total. The molecule has 0 spiro atoms. The van der Waals surface area contributed by atoms with Gasteiger partial charge in [0.1, 0.15) is 0 Å². The Labute approximate surface area is 108 Å². The van der Waals surface area contributed by atoms with Crippen LogP contribution in [0.2, 0.25) is 0 Å². The van der Waals surface area contributed by atoms with Gasteiger partial charge in [-0.25, -0.2) is 0 Å². The van der Waals surface area contributed by atoms with Crippen LogP contribution in [0.15, 0.2) is 18.3 Å². The number of H-pyrrole nitrogens is 1. The normalized spacial score (nSPS) is 20.9. The fourth-order valence-electron chi connectivity index (χ4n) is 2.23. The number of halogens is 1. The number of rotatable bonds is 4. The Hall–Kier alpha value is -0.840. The molecule has 0 amide bonds. The molecule has 1 aromatic heterocycles. The molecule has 0 aliphatic carbocycles.